The Balaban J connectivity index is 1.15. The summed E-state index contributed by atoms with van der Waals surface area (Å²) in [4.78, 5) is 45.9. The number of ketones is 1. The average Bonchev–Trinajstić information content (AvgIpc) is 3.74. The quantitative estimate of drug-likeness (QED) is 0.443. The Bertz CT molecular complexity index is 1280. The normalized spacial score (nSPS) is 21.3. The van der Waals surface area contributed by atoms with E-state index in [2.05, 4.69) is 31.9 Å². The van der Waals surface area contributed by atoms with Crippen molar-refractivity contribution in [1.82, 2.24) is 19.9 Å². The molecule has 6 rings (SSSR count). The number of rotatable bonds is 6. The van der Waals surface area contributed by atoms with Gasteiger partial charge < -0.3 is 25.2 Å². The Labute approximate surface area is 229 Å². The number of amides is 1. The second kappa shape index (κ2) is 9.89. The summed E-state index contributed by atoms with van der Waals surface area (Å²) in [5, 5.41) is 0. The minimum Gasteiger partial charge on any atom is -0.378 e. The van der Waals surface area contributed by atoms with Crippen molar-refractivity contribution in [2.75, 3.05) is 68.0 Å². The molecule has 1 spiro atoms. The zero-order chi connectivity index (χ0) is 27.2. The number of hydrogen-bond donors (Lipinski definition) is 1. The van der Waals surface area contributed by atoms with Crippen LogP contribution in [0.4, 0.5) is 17.5 Å². The molecule has 5 heterocycles. The van der Waals surface area contributed by atoms with E-state index in [1.54, 1.807) is 18.5 Å². The van der Waals surface area contributed by atoms with Gasteiger partial charge in [0.15, 0.2) is 5.78 Å². The van der Waals surface area contributed by atoms with E-state index in [0.29, 0.717) is 26.1 Å². The van der Waals surface area contributed by atoms with Crippen LogP contribution in [0.2, 0.25) is 0 Å². The number of piperidine rings is 1. The molecule has 4 aliphatic rings. The van der Waals surface area contributed by atoms with Crippen LogP contribution in [-0.2, 0) is 14.3 Å². The van der Waals surface area contributed by atoms with E-state index >= 15 is 0 Å². The molecular formula is C29H37N7O3. The van der Waals surface area contributed by atoms with Crippen LogP contribution in [0.1, 0.15) is 39.5 Å². The minimum atomic E-state index is -0.789. The average molecular weight is 532 g/mol. The maximum atomic E-state index is 13.3. The summed E-state index contributed by atoms with van der Waals surface area (Å²) in [5.41, 5.74) is 8.86. The number of nitrogens with zero attached hydrogens (tertiary/aromatic N) is 6. The highest BCUT2D eigenvalue weighted by atomic mass is 16.5. The lowest BCUT2D eigenvalue weighted by atomic mass is 9.71. The predicted octanol–water partition coefficient (Wildman–Crippen LogP) is 2.70. The number of ether oxygens (including phenoxy) is 1. The number of carbonyl (C=O) groups excluding carboxylic acids is 2. The van der Waals surface area contributed by atoms with Crippen molar-refractivity contribution >= 4 is 29.1 Å². The SMILES string of the molecule is CC(C)=CC(=O)C1(C(=O)N2CCC3(CC2)CN(c2cc(-c4cnc(N)nc4)nc(N4CCOCC4)c2)C3)CC1. The highest BCUT2D eigenvalue weighted by Gasteiger charge is 2.57. The van der Waals surface area contributed by atoms with Crippen molar-refractivity contribution in [3.8, 4) is 11.3 Å². The molecule has 39 heavy (non-hydrogen) atoms. The first kappa shape index (κ1) is 25.7. The number of allylic oxidation sites excluding steroid dienone is 2. The van der Waals surface area contributed by atoms with Gasteiger partial charge in [0, 0.05) is 74.4 Å². The van der Waals surface area contributed by atoms with E-state index in [1.165, 1.54) is 0 Å². The van der Waals surface area contributed by atoms with E-state index in [9.17, 15) is 9.59 Å². The molecule has 0 aromatic carbocycles. The number of hydrogen-bond acceptors (Lipinski definition) is 9. The summed E-state index contributed by atoms with van der Waals surface area (Å²) in [6.45, 7) is 10.1. The van der Waals surface area contributed by atoms with Crippen LogP contribution >= 0.6 is 0 Å². The van der Waals surface area contributed by atoms with Crippen LogP contribution in [0.3, 0.4) is 0 Å². The van der Waals surface area contributed by atoms with Gasteiger partial charge in [-0.05, 0) is 51.7 Å². The fraction of sp³-hybridized carbons (Fsp3) is 0.552. The molecule has 3 aliphatic heterocycles. The summed E-state index contributed by atoms with van der Waals surface area (Å²) >= 11 is 0. The van der Waals surface area contributed by atoms with E-state index in [0.717, 1.165) is 80.4 Å². The molecule has 0 bridgehead atoms. The molecule has 1 amide bonds. The van der Waals surface area contributed by atoms with Crippen LogP contribution in [0.15, 0.2) is 36.2 Å². The summed E-state index contributed by atoms with van der Waals surface area (Å²) in [5.74, 6) is 1.20. The Morgan fingerprint density at radius 1 is 0.949 bits per heavy atom. The number of carbonyl (C=O) groups is 2. The minimum absolute atomic E-state index is 0.0151. The van der Waals surface area contributed by atoms with Gasteiger partial charge in [-0.2, -0.15) is 0 Å². The second-order valence-electron chi connectivity index (χ2n) is 11.8. The van der Waals surface area contributed by atoms with Crippen LogP contribution in [0.5, 0.6) is 0 Å². The molecule has 1 aliphatic carbocycles. The molecule has 0 radical (unpaired) electrons. The maximum Gasteiger partial charge on any atom is 0.236 e. The van der Waals surface area contributed by atoms with Gasteiger partial charge >= 0.3 is 0 Å². The lowest BCUT2D eigenvalue weighted by molar-refractivity contribution is -0.143. The topological polar surface area (TPSA) is 118 Å². The molecule has 0 unspecified atom stereocenters. The first-order chi connectivity index (χ1) is 18.8. The molecule has 2 aromatic rings. The largest absolute Gasteiger partial charge is 0.378 e. The summed E-state index contributed by atoms with van der Waals surface area (Å²) in [7, 11) is 0. The fourth-order valence-electron chi connectivity index (χ4n) is 6.10. The zero-order valence-electron chi connectivity index (χ0n) is 22.9. The first-order valence-electron chi connectivity index (χ1n) is 13.9. The van der Waals surface area contributed by atoms with Crippen molar-refractivity contribution in [3.63, 3.8) is 0 Å². The van der Waals surface area contributed by atoms with Crippen molar-refractivity contribution in [2.45, 2.75) is 39.5 Å². The van der Waals surface area contributed by atoms with Crippen LogP contribution in [-0.4, -0.2) is 84.0 Å². The van der Waals surface area contributed by atoms with Gasteiger partial charge in [-0.25, -0.2) is 15.0 Å². The highest BCUT2D eigenvalue weighted by molar-refractivity contribution is 6.13. The molecule has 2 N–H and O–H groups in total. The number of nitrogen functional groups attached to an aromatic ring is 1. The Morgan fingerprint density at radius 3 is 2.23 bits per heavy atom. The van der Waals surface area contributed by atoms with Gasteiger partial charge in [0.1, 0.15) is 11.2 Å². The molecule has 10 nitrogen and oxygen atoms in total. The fourth-order valence-corrected chi connectivity index (χ4v) is 6.10. The third-order valence-corrected chi connectivity index (χ3v) is 8.68. The first-order valence-corrected chi connectivity index (χ1v) is 13.9. The summed E-state index contributed by atoms with van der Waals surface area (Å²) in [6.07, 6.45) is 8.36. The molecular weight excluding hydrogens is 494 g/mol. The molecule has 0 atom stereocenters. The number of aromatic nitrogens is 3. The smallest absolute Gasteiger partial charge is 0.236 e. The number of pyridine rings is 1. The van der Waals surface area contributed by atoms with E-state index in [-0.39, 0.29) is 23.1 Å². The highest BCUT2D eigenvalue weighted by Crippen LogP contribution is 2.50. The summed E-state index contributed by atoms with van der Waals surface area (Å²) in [6, 6.07) is 4.28. The summed E-state index contributed by atoms with van der Waals surface area (Å²) < 4.78 is 5.55. The van der Waals surface area contributed by atoms with Crippen LogP contribution in [0, 0.1) is 10.8 Å². The lowest BCUT2D eigenvalue weighted by Gasteiger charge is -2.55. The van der Waals surface area contributed by atoms with E-state index in [4.69, 9.17) is 15.5 Å². The van der Waals surface area contributed by atoms with Gasteiger partial charge in [-0.15, -0.1) is 0 Å². The zero-order valence-corrected chi connectivity index (χ0v) is 22.9. The van der Waals surface area contributed by atoms with E-state index < -0.39 is 5.41 Å². The molecule has 3 saturated heterocycles. The van der Waals surface area contributed by atoms with Gasteiger partial charge in [0.25, 0.3) is 0 Å². The van der Waals surface area contributed by atoms with Gasteiger partial charge in [-0.3, -0.25) is 9.59 Å². The van der Waals surface area contributed by atoms with Gasteiger partial charge in [0.05, 0.1) is 18.9 Å². The van der Waals surface area contributed by atoms with Crippen LogP contribution in [0.25, 0.3) is 11.3 Å². The molecule has 10 heteroatoms. The Kier molecular flexibility index (Phi) is 6.53. The molecule has 206 valence electrons. The number of likely N-dealkylation sites (tertiary alicyclic amines) is 1. The van der Waals surface area contributed by atoms with Crippen molar-refractivity contribution in [3.05, 3.63) is 36.2 Å². The van der Waals surface area contributed by atoms with Crippen molar-refractivity contribution in [2.24, 2.45) is 10.8 Å². The van der Waals surface area contributed by atoms with Gasteiger partial charge in [0.2, 0.25) is 11.9 Å². The Morgan fingerprint density at radius 2 is 1.62 bits per heavy atom. The molecule has 1 saturated carbocycles. The van der Waals surface area contributed by atoms with E-state index in [1.807, 2.05) is 18.7 Å². The number of morpholine rings is 1. The van der Waals surface area contributed by atoms with Crippen molar-refractivity contribution in [1.29, 1.82) is 0 Å². The Hall–Kier alpha value is -3.53. The third-order valence-electron chi connectivity index (χ3n) is 8.68. The van der Waals surface area contributed by atoms with Crippen molar-refractivity contribution < 1.29 is 14.3 Å². The molecule has 4 fully saturated rings. The van der Waals surface area contributed by atoms with Crippen LogP contribution < -0.4 is 15.5 Å². The standard InChI is InChI=1S/C29H37N7O3/c1-20(2)13-24(37)29(3-4-29)26(38)35-7-5-28(6-8-35)18-36(19-28)22-14-23(21-16-31-27(30)32-17-21)33-25(15-22)34-9-11-39-12-10-34/h13-17H,3-12,18-19H2,1-2H3,(H2,30,31,32). The number of nitrogens with two attached hydrogens (primary N) is 1. The predicted molar refractivity (Wildman–Crippen MR) is 149 cm³/mol. The monoisotopic (exact) mass is 531 g/mol. The second-order valence-corrected chi connectivity index (χ2v) is 11.8. The van der Waals surface area contributed by atoms with Gasteiger partial charge in [-0.1, -0.05) is 5.57 Å². The lowest BCUT2D eigenvalue weighted by Crippen LogP contribution is -2.61. The molecule has 2 aromatic heterocycles. The maximum absolute atomic E-state index is 13.3. The third kappa shape index (κ3) is 4.97. The number of anilines is 3.